The van der Waals surface area contributed by atoms with Gasteiger partial charge in [-0.3, -0.25) is 4.79 Å². The number of nitrogens with zero attached hydrogens (tertiary/aromatic N) is 2. The van der Waals surface area contributed by atoms with Crippen LogP contribution < -0.4 is 5.73 Å². The van der Waals surface area contributed by atoms with Gasteiger partial charge in [0.15, 0.2) is 0 Å². The zero-order valence-corrected chi connectivity index (χ0v) is 13.6. The van der Waals surface area contributed by atoms with E-state index >= 15 is 0 Å². The summed E-state index contributed by atoms with van der Waals surface area (Å²) in [4.78, 5) is 16.5. The number of hydrogen-bond acceptors (Lipinski definition) is 3. The minimum absolute atomic E-state index is 0.284. The zero-order chi connectivity index (χ0) is 15.0. The summed E-state index contributed by atoms with van der Waals surface area (Å²) in [6, 6.07) is 0. The van der Waals surface area contributed by atoms with Crippen LogP contribution >= 0.6 is 0 Å². The fraction of sp³-hybridized carbons (Fsp3) is 0.938. The minimum Gasteiger partial charge on any atom is -0.344 e. The molecule has 1 heterocycles. The number of likely N-dealkylation sites (N-methyl/N-ethyl adjacent to an activating group) is 1. The number of amides is 1. The quantitative estimate of drug-likeness (QED) is 0.703. The summed E-state index contributed by atoms with van der Waals surface area (Å²) in [6.45, 7) is 9.47. The number of likely N-dealkylation sites (tertiary alicyclic amines) is 1. The Kier molecular flexibility index (Phi) is 8.15. The summed E-state index contributed by atoms with van der Waals surface area (Å²) in [5.41, 5.74) is 5.65. The molecule has 2 N–H and O–H groups in total. The van der Waals surface area contributed by atoms with E-state index in [0.29, 0.717) is 18.3 Å². The lowest BCUT2D eigenvalue weighted by Crippen LogP contribution is -2.35. The molecule has 0 bridgehead atoms. The lowest BCUT2D eigenvalue weighted by molar-refractivity contribution is -0.130. The Labute approximate surface area is 124 Å². The summed E-state index contributed by atoms with van der Waals surface area (Å²) < 4.78 is 0. The summed E-state index contributed by atoms with van der Waals surface area (Å²) in [7, 11) is 1.94. The molecule has 1 atom stereocenters. The zero-order valence-electron chi connectivity index (χ0n) is 13.6. The lowest BCUT2D eigenvalue weighted by atomic mass is 9.88. The largest absolute Gasteiger partial charge is 0.344 e. The van der Waals surface area contributed by atoms with Crippen LogP contribution in [0.5, 0.6) is 0 Å². The molecule has 118 valence electrons. The molecule has 1 aliphatic rings. The van der Waals surface area contributed by atoms with Gasteiger partial charge in [0, 0.05) is 26.6 Å². The first kappa shape index (κ1) is 17.4. The molecule has 1 rings (SSSR count). The van der Waals surface area contributed by atoms with E-state index in [1.165, 1.54) is 25.9 Å². The summed E-state index contributed by atoms with van der Waals surface area (Å²) in [5, 5.41) is 0. The highest BCUT2D eigenvalue weighted by atomic mass is 16.2. The van der Waals surface area contributed by atoms with Gasteiger partial charge in [-0.1, -0.05) is 13.8 Å². The minimum atomic E-state index is 0.284. The van der Waals surface area contributed by atoms with Crippen LogP contribution in [-0.4, -0.2) is 55.5 Å². The van der Waals surface area contributed by atoms with Crippen molar-refractivity contribution in [1.82, 2.24) is 9.80 Å². The van der Waals surface area contributed by atoms with Gasteiger partial charge in [-0.2, -0.15) is 0 Å². The average Bonchev–Trinajstić information content (AvgIpc) is 2.93. The highest BCUT2D eigenvalue weighted by Gasteiger charge is 2.17. The summed E-state index contributed by atoms with van der Waals surface area (Å²) in [5.74, 6) is 1.48. The van der Waals surface area contributed by atoms with Gasteiger partial charge >= 0.3 is 0 Å². The summed E-state index contributed by atoms with van der Waals surface area (Å²) >= 11 is 0. The van der Waals surface area contributed by atoms with E-state index in [4.69, 9.17) is 5.73 Å². The first-order valence-electron chi connectivity index (χ1n) is 8.21. The molecular formula is C16H33N3O. The Morgan fingerprint density at radius 3 is 2.45 bits per heavy atom. The van der Waals surface area contributed by atoms with Gasteiger partial charge in [0.05, 0.1) is 0 Å². The first-order valence-corrected chi connectivity index (χ1v) is 8.21. The smallest absolute Gasteiger partial charge is 0.222 e. The molecule has 1 saturated heterocycles. The number of rotatable bonds is 9. The second-order valence-corrected chi connectivity index (χ2v) is 6.48. The standard InChI is InChI=1S/C16H33N3O/c1-14(2)15(8-9-17)6-7-16(20)18(3)12-13-19-10-4-5-11-19/h14-15H,4-13,17H2,1-3H3. The van der Waals surface area contributed by atoms with E-state index in [-0.39, 0.29) is 5.91 Å². The molecule has 1 unspecified atom stereocenters. The van der Waals surface area contributed by atoms with E-state index < -0.39 is 0 Å². The predicted molar refractivity (Wildman–Crippen MR) is 84.5 cm³/mol. The van der Waals surface area contributed by atoms with Crippen molar-refractivity contribution in [3.05, 3.63) is 0 Å². The second-order valence-electron chi connectivity index (χ2n) is 6.48. The van der Waals surface area contributed by atoms with Gasteiger partial charge in [-0.05, 0) is 57.2 Å². The van der Waals surface area contributed by atoms with Crippen LogP contribution in [0.25, 0.3) is 0 Å². The van der Waals surface area contributed by atoms with Crippen LogP contribution in [0.1, 0.15) is 46.0 Å². The first-order chi connectivity index (χ1) is 9.54. The van der Waals surface area contributed by atoms with Crippen molar-refractivity contribution in [2.45, 2.75) is 46.0 Å². The predicted octanol–water partition coefficient (Wildman–Crippen LogP) is 1.94. The average molecular weight is 283 g/mol. The molecule has 0 saturated carbocycles. The monoisotopic (exact) mass is 283 g/mol. The van der Waals surface area contributed by atoms with Crippen LogP contribution in [0.3, 0.4) is 0 Å². The van der Waals surface area contributed by atoms with Crippen LogP contribution in [0.4, 0.5) is 0 Å². The van der Waals surface area contributed by atoms with Gasteiger partial charge in [0.25, 0.3) is 0 Å². The topological polar surface area (TPSA) is 49.6 Å². The van der Waals surface area contributed by atoms with Crippen LogP contribution in [0.2, 0.25) is 0 Å². The molecule has 4 nitrogen and oxygen atoms in total. The molecule has 1 aliphatic heterocycles. The molecule has 1 fully saturated rings. The summed E-state index contributed by atoms with van der Waals surface area (Å²) in [6.07, 6.45) is 5.29. The molecule has 0 spiro atoms. The Morgan fingerprint density at radius 1 is 1.25 bits per heavy atom. The Morgan fingerprint density at radius 2 is 1.90 bits per heavy atom. The van der Waals surface area contributed by atoms with Crippen LogP contribution in [0, 0.1) is 11.8 Å². The third-order valence-corrected chi connectivity index (χ3v) is 4.59. The third-order valence-electron chi connectivity index (χ3n) is 4.59. The van der Waals surface area contributed by atoms with Crippen LogP contribution in [-0.2, 0) is 4.79 Å². The molecule has 4 heteroatoms. The normalized spacial score (nSPS) is 17.6. The van der Waals surface area contributed by atoms with Crippen molar-refractivity contribution >= 4 is 5.91 Å². The lowest BCUT2D eigenvalue weighted by Gasteiger charge is -2.24. The van der Waals surface area contributed by atoms with Crippen LogP contribution in [0.15, 0.2) is 0 Å². The highest BCUT2D eigenvalue weighted by molar-refractivity contribution is 5.75. The van der Waals surface area contributed by atoms with Gasteiger partial charge in [0.2, 0.25) is 5.91 Å². The third kappa shape index (κ3) is 6.23. The van der Waals surface area contributed by atoms with E-state index in [1.807, 2.05) is 11.9 Å². The fourth-order valence-corrected chi connectivity index (χ4v) is 2.95. The SMILES string of the molecule is CC(C)C(CCN)CCC(=O)N(C)CCN1CCCC1. The maximum absolute atomic E-state index is 12.2. The fourth-order valence-electron chi connectivity index (χ4n) is 2.95. The van der Waals surface area contributed by atoms with Crippen molar-refractivity contribution in [3.8, 4) is 0 Å². The van der Waals surface area contributed by atoms with Crippen molar-refractivity contribution in [2.24, 2.45) is 17.6 Å². The number of hydrogen-bond donors (Lipinski definition) is 1. The number of nitrogens with two attached hydrogens (primary N) is 1. The molecule has 0 aromatic heterocycles. The maximum atomic E-state index is 12.2. The second kappa shape index (κ2) is 9.35. The molecule has 0 aromatic carbocycles. The van der Waals surface area contributed by atoms with E-state index in [0.717, 1.165) is 32.5 Å². The Hall–Kier alpha value is -0.610. The Bertz CT molecular complexity index is 275. The molecule has 0 aliphatic carbocycles. The molecule has 1 amide bonds. The van der Waals surface area contributed by atoms with E-state index in [2.05, 4.69) is 18.7 Å². The van der Waals surface area contributed by atoms with Crippen molar-refractivity contribution in [3.63, 3.8) is 0 Å². The van der Waals surface area contributed by atoms with Crippen molar-refractivity contribution < 1.29 is 4.79 Å². The van der Waals surface area contributed by atoms with Gasteiger partial charge in [0.1, 0.15) is 0 Å². The van der Waals surface area contributed by atoms with E-state index in [1.54, 1.807) is 0 Å². The Balaban J connectivity index is 2.22. The molecular weight excluding hydrogens is 250 g/mol. The number of carbonyl (C=O) groups excluding carboxylic acids is 1. The van der Waals surface area contributed by atoms with Gasteiger partial charge in [-0.15, -0.1) is 0 Å². The van der Waals surface area contributed by atoms with Gasteiger partial charge < -0.3 is 15.5 Å². The number of carbonyl (C=O) groups is 1. The van der Waals surface area contributed by atoms with Crippen molar-refractivity contribution in [2.75, 3.05) is 39.8 Å². The highest BCUT2D eigenvalue weighted by Crippen LogP contribution is 2.20. The molecule has 0 aromatic rings. The maximum Gasteiger partial charge on any atom is 0.222 e. The van der Waals surface area contributed by atoms with E-state index in [9.17, 15) is 4.79 Å². The molecule has 20 heavy (non-hydrogen) atoms. The van der Waals surface area contributed by atoms with Gasteiger partial charge in [-0.25, -0.2) is 0 Å². The molecule has 0 radical (unpaired) electrons. The van der Waals surface area contributed by atoms with Crippen molar-refractivity contribution in [1.29, 1.82) is 0 Å².